The van der Waals surface area contributed by atoms with Gasteiger partial charge in [-0.1, -0.05) is 11.6 Å². The van der Waals surface area contributed by atoms with Gasteiger partial charge in [-0.3, -0.25) is 20.4 Å². The Bertz CT molecular complexity index is 837. The zero-order valence-electron chi connectivity index (χ0n) is 14.2. The van der Waals surface area contributed by atoms with Crippen molar-refractivity contribution in [3.63, 3.8) is 0 Å². The molecule has 2 rings (SSSR count). The number of amides is 2. The molecule has 1 saturated heterocycles. The number of sulfone groups is 1. The maximum absolute atomic E-state index is 11.8. The van der Waals surface area contributed by atoms with E-state index in [2.05, 4.69) is 10.9 Å². The van der Waals surface area contributed by atoms with Crippen molar-refractivity contribution in [3.05, 3.63) is 28.8 Å². The molecule has 1 aliphatic rings. The predicted molar refractivity (Wildman–Crippen MR) is 96.6 cm³/mol. The van der Waals surface area contributed by atoms with E-state index in [1.54, 1.807) is 12.1 Å². The van der Waals surface area contributed by atoms with Crippen molar-refractivity contribution in [1.29, 1.82) is 0 Å². The average Bonchev–Trinajstić information content (AvgIpc) is 2.97. The summed E-state index contributed by atoms with van der Waals surface area (Å²) in [7, 11) is -0.235. The molecule has 142 valence electrons. The summed E-state index contributed by atoms with van der Waals surface area (Å²) < 4.78 is 33.0. The van der Waals surface area contributed by atoms with E-state index in [1.165, 1.54) is 26.4 Å². The van der Waals surface area contributed by atoms with Crippen LogP contribution in [-0.4, -0.2) is 46.0 Å². The number of hydrogen-bond donors (Lipinski definition) is 2. The van der Waals surface area contributed by atoms with Crippen molar-refractivity contribution < 1.29 is 27.5 Å². The van der Waals surface area contributed by atoms with Crippen LogP contribution in [0.3, 0.4) is 0 Å². The molecule has 26 heavy (non-hydrogen) atoms. The molecule has 0 unspecified atom stereocenters. The van der Waals surface area contributed by atoms with Gasteiger partial charge in [0.15, 0.2) is 21.3 Å². The number of nitrogens with one attached hydrogen (secondary N) is 2. The molecule has 0 spiro atoms. The van der Waals surface area contributed by atoms with E-state index in [1.807, 2.05) is 0 Å². The fraction of sp³-hybridized carbons (Fsp3) is 0.375. The van der Waals surface area contributed by atoms with Gasteiger partial charge in [0.1, 0.15) is 0 Å². The maximum atomic E-state index is 11.8. The molecule has 8 nitrogen and oxygen atoms in total. The zero-order valence-corrected chi connectivity index (χ0v) is 15.8. The molecule has 0 bridgehead atoms. The first-order chi connectivity index (χ1) is 12.3. The van der Waals surface area contributed by atoms with Gasteiger partial charge >= 0.3 is 0 Å². The first-order valence-electron chi connectivity index (χ1n) is 7.65. The van der Waals surface area contributed by atoms with Crippen LogP contribution in [0.15, 0.2) is 18.2 Å². The third kappa shape index (κ3) is 5.12. The molecule has 1 aliphatic heterocycles. The molecule has 2 amide bonds. The van der Waals surface area contributed by atoms with Crippen LogP contribution in [0.4, 0.5) is 0 Å². The predicted octanol–water partition coefficient (Wildman–Crippen LogP) is 0.952. The largest absolute Gasteiger partial charge is 0.493 e. The molecular formula is C16H19ClN2O6S. The monoisotopic (exact) mass is 402 g/mol. The van der Waals surface area contributed by atoms with Gasteiger partial charge in [0, 0.05) is 6.08 Å². The zero-order chi connectivity index (χ0) is 19.3. The Morgan fingerprint density at radius 3 is 2.54 bits per heavy atom. The molecule has 10 heteroatoms. The van der Waals surface area contributed by atoms with E-state index in [0.717, 1.165) is 0 Å². The van der Waals surface area contributed by atoms with E-state index in [-0.39, 0.29) is 17.9 Å². The number of rotatable bonds is 5. The van der Waals surface area contributed by atoms with Gasteiger partial charge in [0.25, 0.3) is 5.91 Å². The molecule has 0 aliphatic carbocycles. The van der Waals surface area contributed by atoms with Crippen LogP contribution >= 0.6 is 11.6 Å². The van der Waals surface area contributed by atoms with Crippen LogP contribution in [-0.2, 0) is 19.4 Å². The highest BCUT2D eigenvalue weighted by atomic mass is 35.5. The van der Waals surface area contributed by atoms with Crippen molar-refractivity contribution in [3.8, 4) is 11.5 Å². The van der Waals surface area contributed by atoms with Crippen molar-refractivity contribution in [1.82, 2.24) is 10.9 Å². The number of hydrazine groups is 1. The second-order valence-corrected chi connectivity index (χ2v) is 8.29. The third-order valence-corrected chi connectivity index (χ3v) is 5.84. The van der Waals surface area contributed by atoms with E-state index in [9.17, 15) is 18.0 Å². The standard InChI is InChI=1S/C16H19ClN2O6S/c1-24-13-8-10(7-12(17)15(13)25-2)3-4-14(20)18-19-16(21)11-5-6-26(22,23)9-11/h3-4,7-8,11H,5-6,9H2,1-2H3,(H,18,20)(H,19,21)/b4-3+/t11-/m0/s1. The summed E-state index contributed by atoms with van der Waals surface area (Å²) in [5, 5.41) is 0.322. The molecule has 2 N–H and O–H groups in total. The van der Waals surface area contributed by atoms with E-state index in [4.69, 9.17) is 21.1 Å². The minimum absolute atomic E-state index is 0.0149. The van der Waals surface area contributed by atoms with Crippen LogP contribution in [0, 0.1) is 5.92 Å². The van der Waals surface area contributed by atoms with Crippen LogP contribution in [0.5, 0.6) is 11.5 Å². The second kappa shape index (κ2) is 8.41. The lowest BCUT2D eigenvalue weighted by molar-refractivity contribution is -0.129. The van der Waals surface area contributed by atoms with Gasteiger partial charge in [-0.25, -0.2) is 8.42 Å². The normalized spacial score (nSPS) is 18.5. The summed E-state index contributed by atoms with van der Waals surface area (Å²) in [6.45, 7) is 0. The summed E-state index contributed by atoms with van der Waals surface area (Å²) in [4.78, 5) is 23.7. The number of carbonyl (C=O) groups is 2. The third-order valence-electron chi connectivity index (χ3n) is 3.80. The number of halogens is 1. The first-order valence-corrected chi connectivity index (χ1v) is 9.85. The van der Waals surface area contributed by atoms with Gasteiger partial charge in [-0.05, 0) is 30.2 Å². The lowest BCUT2D eigenvalue weighted by atomic mass is 10.1. The highest BCUT2D eigenvalue weighted by Crippen LogP contribution is 2.36. The van der Waals surface area contributed by atoms with Gasteiger partial charge in [0.2, 0.25) is 5.91 Å². The lowest BCUT2D eigenvalue weighted by Crippen LogP contribution is -2.44. The minimum atomic E-state index is -3.16. The molecule has 1 fully saturated rings. The van der Waals surface area contributed by atoms with E-state index < -0.39 is 27.6 Å². The van der Waals surface area contributed by atoms with Crippen molar-refractivity contribution >= 4 is 39.3 Å². The van der Waals surface area contributed by atoms with Crippen molar-refractivity contribution in [2.75, 3.05) is 25.7 Å². The van der Waals surface area contributed by atoms with Crippen molar-refractivity contribution in [2.45, 2.75) is 6.42 Å². The molecular weight excluding hydrogens is 384 g/mol. The Kier molecular flexibility index (Phi) is 6.49. The number of carbonyl (C=O) groups excluding carboxylic acids is 2. The first kappa shape index (κ1) is 20.1. The average molecular weight is 403 g/mol. The molecule has 1 atom stereocenters. The van der Waals surface area contributed by atoms with Gasteiger partial charge in [-0.15, -0.1) is 0 Å². The quantitative estimate of drug-likeness (QED) is 0.560. The van der Waals surface area contributed by atoms with Gasteiger partial charge in [0.05, 0.1) is 36.7 Å². The molecule has 1 heterocycles. The van der Waals surface area contributed by atoms with E-state index >= 15 is 0 Å². The number of ether oxygens (including phenoxy) is 2. The number of benzene rings is 1. The van der Waals surface area contributed by atoms with Crippen LogP contribution in [0.1, 0.15) is 12.0 Å². The minimum Gasteiger partial charge on any atom is -0.493 e. The Morgan fingerprint density at radius 2 is 1.96 bits per heavy atom. The highest BCUT2D eigenvalue weighted by molar-refractivity contribution is 7.91. The maximum Gasteiger partial charge on any atom is 0.262 e. The van der Waals surface area contributed by atoms with E-state index in [0.29, 0.717) is 22.1 Å². The molecule has 0 aromatic heterocycles. The fourth-order valence-electron chi connectivity index (χ4n) is 2.47. The highest BCUT2D eigenvalue weighted by Gasteiger charge is 2.32. The van der Waals surface area contributed by atoms with Crippen LogP contribution < -0.4 is 20.3 Å². The Morgan fingerprint density at radius 1 is 1.23 bits per heavy atom. The fourth-order valence-corrected chi connectivity index (χ4v) is 4.51. The van der Waals surface area contributed by atoms with Gasteiger partial charge < -0.3 is 9.47 Å². The molecule has 0 radical (unpaired) electrons. The summed E-state index contributed by atoms with van der Waals surface area (Å²) in [6.07, 6.45) is 2.93. The molecule has 0 saturated carbocycles. The van der Waals surface area contributed by atoms with Crippen LogP contribution in [0.2, 0.25) is 5.02 Å². The van der Waals surface area contributed by atoms with Crippen LogP contribution in [0.25, 0.3) is 6.08 Å². The Labute approximate surface area is 156 Å². The van der Waals surface area contributed by atoms with Gasteiger partial charge in [-0.2, -0.15) is 0 Å². The summed E-state index contributed by atoms with van der Waals surface area (Å²) in [5.41, 5.74) is 5.03. The number of methoxy groups -OCH3 is 2. The summed E-state index contributed by atoms with van der Waals surface area (Å²) >= 11 is 6.08. The number of hydrogen-bond acceptors (Lipinski definition) is 6. The lowest BCUT2D eigenvalue weighted by Gasteiger charge is -2.10. The Balaban J connectivity index is 1.93. The second-order valence-electron chi connectivity index (χ2n) is 5.65. The van der Waals surface area contributed by atoms with Crippen molar-refractivity contribution in [2.24, 2.45) is 5.92 Å². The smallest absolute Gasteiger partial charge is 0.262 e. The molecule has 1 aromatic carbocycles. The summed E-state index contributed by atoms with van der Waals surface area (Å²) in [5.74, 6) is -1.17. The Hall–Kier alpha value is -2.26. The SMILES string of the molecule is COc1cc(/C=C/C(=O)NNC(=O)[C@H]2CCS(=O)(=O)C2)cc(Cl)c1OC. The summed E-state index contributed by atoms with van der Waals surface area (Å²) in [6, 6.07) is 3.23. The topological polar surface area (TPSA) is 111 Å². The molecule has 1 aromatic rings.